The van der Waals surface area contributed by atoms with Crippen LogP contribution in [0.3, 0.4) is 0 Å². The highest BCUT2D eigenvalue weighted by Gasteiger charge is 2.10. The molecule has 0 spiro atoms. The fourth-order valence-electron chi connectivity index (χ4n) is 1.38. The van der Waals surface area contributed by atoms with Gasteiger partial charge < -0.3 is 4.74 Å². The highest BCUT2D eigenvalue weighted by Crippen LogP contribution is 2.34. The molecule has 16 heavy (non-hydrogen) atoms. The molecule has 0 aliphatic carbocycles. The number of hydrogen-bond donors (Lipinski definition) is 0. The van der Waals surface area contributed by atoms with Gasteiger partial charge in [-0.15, -0.1) is 11.8 Å². The Hall–Kier alpha value is -1.25. The Morgan fingerprint density at radius 1 is 1.50 bits per heavy atom. The number of nitrogens with zero attached hydrogens (tertiary/aromatic N) is 1. The summed E-state index contributed by atoms with van der Waals surface area (Å²) in [6.07, 6.45) is 1.54. The smallest absolute Gasteiger partial charge is 0.235 e. The average Bonchev–Trinajstić information content (AvgIpc) is 2.25. The van der Waals surface area contributed by atoms with Crippen molar-refractivity contribution in [2.75, 3.05) is 7.11 Å². The van der Waals surface area contributed by atoms with Crippen molar-refractivity contribution >= 4 is 17.8 Å². The van der Waals surface area contributed by atoms with Gasteiger partial charge in [0.25, 0.3) is 0 Å². The van der Waals surface area contributed by atoms with Crippen LogP contribution in [0, 0.1) is 0 Å². The lowest BCUT2D eigenvalue weighted by Crippen LogP contribution is -1.95. The van der Waals surface area contributed by atoms with Gasteiger partial charge in [-0.25, -0.2) is 9.79 Å². The second kappa shape index (κ2) is 6.36. The zero-order valence-corrected chi connectivity index (χ0v) is 10.5. The zero-order chi connectivity index (χ0) is 12.0. The third-order valence-electron chi connectivity index (χ3n) is 1.94. The molecular weight excluding hydrogens is 222 g/mol. The van der Waals surface area contributed by atoms with Crippen molar-refractivity contribution in [3.8, 4) is 5.75 Å². The standard InChI is InChI=1S/C12H15NO2S/c1-9(2)16-11-6-4-5-10(7-13-8-14)12(11)15-3/h4-6,9H,7H2,1-3H3. The van der Waals surface area contributed by atoms with Crippen LogP contribution < -0.4 is 4.74 Å². The van der Waals surface area contributed by atoms with E-state index in [-0.39, 0.29) is 0 Å². The number of methoxy groups -OCH3 is 1. The molecule has 0 aromatic heterocycles. The Morgan fingerprint density at radius 3 is 2.81 bits per heavy atom. The van der Waals surface area contributed by atoms with E-state index in [9.17, 15) is 4.79 Å². The van der Waals surface area contributed by atoms with Crippen molar-refractivity contribution in [3.05, 3.63) is 23.8 Å². The number of carbonyl (C=O) groups excluding carboxylic acids is 1. The van der Waals surface area contributed by atoms with Crippen LogP contribution in [0.1, 0.15) is 19.4 Å². The van der Waals surface area contributed by atoms with Gasteiger partial charge in [0, 0.05) is 15.7 Å². The molecule has 3 nitrogen and oxygen atoms in total. The molecule has 0 saturated heterocycles. The van der Waals surface area contributed by atoms with Crippen molar-refractivity contribution in [1.29, 1.82) is 0 Å². The van der Waals surface area contributed by atoms with Gasteiger partial charge in [-0.3, -0.25) is 0 Å². The molecule has 0 aliphatic heterocycles. The molecule has 1 aromatic rings. The van der Waals surface area contributed by atoms with Gasteiger partial charge in [0.2, 0.25) is 6.08 Å². The van der Waals surface area contributed by atoms with E-state index in [0.29, 0.717) is 11.8 Å². The van der Waals surface area contributed by atoms with Gasteiger partial charge in [0.05, 0.1) is 13.7 Å². The SMILES string of the molecule is COc1c(CN=C=O)cccc1SC(C)C. The molecule has 0 saturated carbocycles. The molecule has 1 aromatic carbocycles. The van der Waals surface area contributed by atoms with Gasteiger partial charge in [-0.05, 0) is 6.07 Å². The predicted molar refractivity (Wildman–Crippen MR) is 65.8 cm³/mol. The van der Waals surface area contributed by atoms with Gasteiger partial charge in [0.15, 0.2) is 0 Å². The number of para-hydroxylation sites is 1. The molecule has 0 atom stereocenters. The summed E-state index contributed by atoms with van der Waals surface area (Å²) in [6, 6.07) is 5.87. The highest BCUT2D eigenvalue weighted by atomic mass is 32.2. The van der Waals surface area contributed by atoms with Crippen LogP contribution in [0.25, 0.3) is 0 Å². The average molecular weight is 237 g/mol. The molecular formula is C12H15NO2S. The van der Waals surface area contributed by atoms with Gasteiger partial charge in [-0.1, -0.05) is 26.0 Å². The first-order valence-corrected chi connectivity index (χ1v) is 5.93. The lowest BCUT2D eigenvalue weighted by atomic mass is 10.2. The summed E-state index contributed by atoms with van der Waals surface area (Å²) in [5.41, 5.74) is 0.913. The van der Waals surface area contributed by atoms with Crippen LogP contribution in [0.15, 0.2) is 28.1 Å². The molecule has 1 rings (SSSR count). The Balaban J connectivity index is 3.04. The molecule has 0 fully saturated rings. The van der Waals surface area contributed by atoms with E-state index in [1.54, 1.807) is 25.0 Å². The Kier molecular flexibility index (Phi) is 5.09. The summed E-state index contributed by atoms with van der Waals surface area (Å²) < 4.78 is 5.36. The minimum absolute atomic E-state index is 0.319. The summed E-state index contributed by atoms with van der Waals surface area (Å²) in [7, 11) is 1.63. The lowest BCUT2D eigenvalue weighted by molar-refractivity contribution is 0.399. The summed E-state index contributed by atoms with van der Waals surface area (Å²) in [5, 5.41) is 0.485. The first-order valence-electron chi connectivity index (χ1n) is 5.05. The Labute approximate surface area is 99.9 Å². The largest absolute Gasteiger partial charge is 0.495 e. The molecule has 0 bridgehead atoms. The van der Waals surface area contributed by atoms with Crippen LogP contribution in [0.4, 0.5) is 0 Å². The van der Waals surface area contributed by atoms with Crippen LogP contribution in [-0.4, -0.2) is 18.4 Å². The van der Waals surface area contributed by atoms with Crippen molar-refractivity contribution in [3.63, 3.8) is 0 Å². The quantitative estimate of drug-likeness (QED) is 0.449. The summed E-state index contributed by atoms with van der Waals surface area (Å²) in [4.78, 5) is 14.8. The zero-order valence-electron chi connectivity index (χ0n) is 9.69. The topological polar surface area (TPSA) is 38.7 Å². The van der Waals surface area contributed by atoms with Crippen molar-refractivity contribution < 1.29 is 9.53 Å². The molecule has 0 heterocycles. The fraction of sp³-hybridized carbons (Fsp3) is 0.417. The van der Waals surface area contributed by atoms with E-state index in [1.807, 2.05) is 18.2 Å². The summed E-state index contributed by atoms with van der Waals surface area (Å²) in [5.74, 6) is 0.806. The van der Waals surface area contributed by atoms with Gasteiger partial charge in [-0.2, -0.15) is 0 Å². The Bertz CT molecular complexity index is 398. The summed E-state index contributed by atoms with van der Waals surface area (Å²) in [6.45, 7) is 4.57. The Morgan fingerprint density at radius 2 is 2.25 bits per heavy atom. The second-order valence-corrected chi connectivity index (χ2v) is 5.14. The van der Waals surface area contributed by atoms with E-state index in [0.717, 1.165) is 16.2 Å². The minimum Gasteiger partial charge on any atom is -0.495 e. The second-order valence-electron chi connectivity index (χ2n) is 3.52. The third kappa shape index (κ3) is 3.40. The van der Waals surface area contributed by atoms with Crippen LogP contribution in [0.2, 0.25) is 0 Å². The van der Waals surface area contributed by atoms with E-state index >= 15 is 0 Å². The normalized spacial score (nSPS) is 10.0. The number of thioether (sulfide) groups is 1. The van der Waals surface area contributed by atoms with Crippen molar-refractivity contribution in [2.24, 2.45) is 4.99 Å². The number of benzene rings is 1. The maximum Gasteiger partial charge on any atom is 0.235 e. The fourth-order valence-corrected chi connectivity index (χ4v) is 2.37. The molecule has 86 valence electrons. The molecule has 0 N–H and O–H groups in total. The number of hydrogen-bond acceptors (Lipinski definition) is 4. The molecule has 0 aliphatic rings. The van der Waals surface area contributed by atoms with Crippen LogP contribution >= 0.6 is 11.8 Å². The monoisotopic (exact) mass is 237 g/mol. The lowest BCUT2D eigenvalue weighted by Gasteiger charge is -2.13. The number of isocyanates is 1. The van der Waals surface area contributed by atoms with E-state index in [2.05, 4.69) is 18.8 Å². The minimum atomic E-state index is 0.319. The molecule has 4 heteroatoms. The highest BCUT2D eigenvalue weighted by molar-refractivity contribution is 8.00. The molecule has 0 unspecified atom stereocenters. The first kappa shape index (κ1) is 12.8. The van der Waals surface area contributed by atoms with E-state index in [4.69, 9.17) is 4.74 Å². The van der Waals surface area contributed by atoms with E-state index < -0.39 is 0 Å². The van der Waals surface area contributed by atoms with Gasteiger partial charge in [0.1, 0.15) is 5.75 Å². The predicted octanol–water partition coefficient (Wildman–Crippen LogP) is 3.03. The van der Waals surface area contributed by atoms with Crippen molar-refractivity contribution in [1.82, 2.24) is 0 Å². The molecule has 0 amide bonds. The van der Waals surface area contributed by atoms with Gasteiger partial charge >= 0.3 is 0 Å². The third-order valence-corrected chi connectivity index (χ3v) is 2.99. The number of rotatable bonds is 5. The van der Waals surface area contributed by atoms with Crippen LogP contribution in [-0.2, 0) is 11.3 Å². The van der Waals surface area contributed by atoms with Crippen LogP contribution in [0.5, 0.6) is 5.75 Å². The number of aliphatic imine (C=N–C) groups is 1. The summed E-state index contributed by atoms with van der Waals surface area (Å²) >= 11 is 1.73. The number of ether oxygens (including phenoxy) is 1. The van der Waals surface area contributed by atoms with Crippen molar-refractivity contribution in [2.45, 2.75) is 30.5 Å². The maximum atomic E-state index is 10.1. The maximum absolute atomic E-state index is 10.1. The van der Waals surface area contributed by atoms with E-state index in [1.165, 1.54) is 0 Å². The molecule has 0 radical (unpaired) electrons. The first-order chi connectivity index (χ1) is 7.69.